The van der Waals surface area contributed by atoms with Crippen molar-refractivity contribution in [2.75, 3.05) is 26.7 Å². The van der Waals surface area contributed by atoms with Gasteiger partial charge in [-0.25, -0.2) is 4.79 Å². The molecule has 0 unspecified atom stereocenters. The second-order valence-corrected chi connectivity index (χ2v) is 14.7. The van der Waals surface area contributed by atoms with Crippen molar-refractivity contribution in [3.8, 4) is 11.5 Å². The third-order valence-electron chi connectivity index (χ3n) is 9.37. The number of nitrogens with zero attached hydrogens (tertiary/aromatic N) is 1. The smallest absolute Gasteiger partial charge is 0.349 e. The second kappa shape index (κ2) is 16.3. The van der Waals surface area contributed by atoms with Crippen LogP contribution in [0.3, 0.4) is 0 Å². The van der Waals surface area contributed by atoms with Crippen LogP contribution in [0.1, 0.15) is 59.1 Å². The molecule has 0 bridgehead atoms. The van der Waals surface area contributed by atoms with Gasteiger partial charge in [-0.1, -0.05) is 30.3 Å². The van der Waals surface area contributed by atoms with E-state index in [4.69, 9.17) is 9.47 Å². The number of fused-ring (bicyclic) bond motifs is 1. The molecule has 3 aromatic heterocycles. The van der Waals surface area contributed by atoms with Crippen LogP contribution in [-0.2, 0) is 21.7 Å². The number of nitrogens with one attached hydrogen (secondary N) is 2. The number of carbonyl (C=O) groups is 1. The van der Waals surface area contributed by atoms with Crippen LogP contribution in [-0.4, -0.2) is 70.1 Å². The number of aliphatic hydroxyl groups is 2. The van der Waals surface area contributed by atoms with E-state index in [2.05, 4.69) is 22.2 Å². The van der Waals surface area contributed by atoms with Gasteiger partial charge in [-0.3, -0.25) is 4.79 Å². The summed E-state index contributed by atoms with van der Waals surface area (Å²) in [6.07, 6.45) is 3.21. The average molecular weight is 718 g/mol. The molecule has 3 heterocycles. The molecule has 1 saturated carbocycles. The fourth-order valence-electron chi connectivity index (χ4n) is 6.53. The minimum atomic E-state index is -1.77. The van der Waals surface area contributed by atoms with Crippen molar-refractivity contribution in [3.05, 3.63) is 115 Å². The number of H-pyrrole nitrogens is 1. The zero-order valence-corrected chi connectivity index (χ0v) is 29.6. The van der Waals surface area contributed by atoms with Crippen LogP contribution in [0.2, 0.25) is 0 Å². The molecule has 1 aliphatic carbocycles. The van der Waals surface area contributed by atoms with Gasteiger partial charge in [-0.2, -0.15) is 0 Å². The Morgan fingerprint density at radius 1 is 1.00 bits per heavy atom. The normalized spacial score (nSPS) is 17.2. The Balaban J connectivity index is 0.885. The SMILES string of the molecule is CN(CCCOc1ccc(CNC[C@@H](O)c2ccc(O)c3[nH]c(=O)ccc23)cc1)C1CCC(OC(=O)C(O)(c2cccs2)c2cccs2)CC1. The van der Waals surface area contributed by atoms with Gasteiger partial charge in [0.05, 0.1) is 28.0 Å². The molecule has 0 aliphatic heterocycles. The lowest BCUT2D eigenvalue weighted by molar-refractivity contribution is -0.169. The number of esters is 1. The summed E-state index contributed by atoms with van der Waals surface area (Å²) >= 11 is 2.70. The minimum absolute atomic E-state index is 0.0359. The number of aromatic hydroxyl groups is 1. The van der Waals surface area contributed by atoms with Gasteiger partial charge in [0.25, 0.3) is 0 Å². The molecular weight excluding hydrogens is 675 g/mol. The summed E-state index contributed by atoms with van der Waals surface area (Å²) in [5.74, 6) is 0.166. The number of rotatable bonds is 15. The van der Waals surface area contributed by atoms with Gasteiger partial charge in [0, 0.05) is 37.1 Å². The molecule has 0 radical (unpaired) electrons. The molecule has 6 rings (SSSR count). The maximum atomic E-state index is 13.3. The summed E-state index contributed by atoms with van der Waals surface area (Å²) in [6, 6.07) is 21.6. The molecule has 10 nitrogen and oxygen atoms in total. The maximum Gasteiger partial charge on any atom is 0.349 e. The third-order valence-corrected chi connectivity index (χ3v) is 11.3. The van der Waals surface area contributed by atoms with Gasteiger partial charge in [0.15, 0.2) is 0 Å². The Morgan fingerprint density at radius 2 is 1.70 bits per heavy atom. The Kier molecular flexibility index (Phi) is 11.7. The minimum Gasteiger partial charge on any atom is -0.506 e. The first-order chi connectivity index (χ1) is 24.2. The highest BCUT2D eigenvalue weighted by Gasteiger charge is 2.45. The number of phenols is 1. The van der Waals surface area contributed by atoms with Crippen LogP contribution < -0.4 is 15.6 Å². The Labute approximate surface area is 298 Å². The number of aromatic amines is 1. The first-order valence-electron chi connectivity index (χ1n) is 16.9. The van der Waals surface area contributed by atoms with Crippen LogP contribution in [0.15, 0.2) is 88.4 Å². The number of aliphatic hydroxyl groups excluding tert-OH is 1. The van der Waals surface area contributed by atoms with E-state index in [1.54, 1.807) is 24.3 Å². The van der Waals surface area contributed by atoms with Crippen molar-refractivity contribution in [2.45, 2.75) is 62.5 Å². The molecule has 5 aromatic rings. The summed E-state index contributed by atoms with van der Waals surface area (Å²) in [5, 5.41) is 40.0. The first kappa shape index (κ1) is 35.8. The molecule has 2 aromatic carbocycles. The van der Waals surface area contributed by atoms with E-state index in [1.165, 1.54) is 34.8 Å². The van der Waals surface area contributed by atoms with Crippen molar-refractivity contribution in [1.82, 2.24) is 15.2 Å². The molecule has 12 heteroatoms. The van der Waals surface area contributed by atoms with E-state index in [9.17, 15) is 24.9 Å². The Hall–Kier alpha value is -4.04. The quantitative estimate of drug-likeness (QED) is 0.0684. The first-order valence-corrected chi connectivity index (χ1v) is 18.7. The Morgan fingerprint density at radius 3 is 2.36 bits per heavy atom. The van der Waals surface area contributed by atoms with Gasteiger partial charge < -0.3 is 40.0 Å². The average Bonchev–Trinajstić information content (AvgIpc) is 3.87. The predicted octanol–water partition coefficient (Wildman–Crippen LogP) is 5.67. The number of ether oxygens (including phenoxy) is 2. The number of benzene rings is 2. The van der Waals surface area contributed by atoms with E-state index in [-0.39, 0.29) is 17.4 Å². The number of aromatic nitrogens is 1. The molecule has 0 amide bonds. The lowest BCUT2D eigenvalue weighted by Gasteiger charge is -2.35. The molecule has 1 aliphatic rings. The van der Waals surface area contributed by atoms with Crippen LogP contribution >= 0.6 is 22.7 Å². The number of carbonyl (C=O) groups excluding carboxylic acids is 1. The summed E-state index contributed by atoms with van der Waals surface area (Å²) < 4.78 is 11.9. The summed E-state index contributed by atoms with van der Waals surface area (Å²) in [4.78, 5) is 31.1. The molecular formula is C38H43N3O7S2. The van der Waals surface area contributed by atoms with Crippen LogP contribution in [0, 0.1) is 0 Å². The lowest BCUT2D eigenvalue weighted by atomic mass is 9.91. The molecule has 1 fully saturated rings. The Bertz CT molecular complexity index is 1850. The van der Waals surface area contributed by atoms with Gasteiger partial charge >= 0.3 is 5.97 Å². The highest BCUT2D eigenvalue weighted by molar-refractivity contribution is 7.12. The standard InChI is InChI=1S/C38H43N3O7S2/c1-41(26-9-13-28(14-10-26)48-37(45)38(46,33-5-2-21-49-33)34-6-3-22-50-34)19-4-20-47-27-11-7-25(8-12-27)23-39-24-32(43)29-15-17-31(42)36-30(29)16-18-35(44)40-36/h2-3,5-8,11-12,15-18,21-22,26,28,32,39,42-43,46H,4,9-10,13-14,19-20,23-24H2,1H3,(H,40,44)/t26?,28?,32-/m1/s1. The molecule has 0 spiro atoms. The number of hydrogen-bond donors (Lipinski definition) is 5. The lowest BCUT2D eigenvalue weighted by Crippen LogP contribution is -2.42. The number of phenolic OH excluding ortho intramolecular Hbond substituents is 1. The number of thiophene rings is 2. The van der Waals surface area contributed by atoms with Gasteiger partial charge in [0.2, 0.25) is 11.2 Å². The third kappa shape index (κ3) is 8.28. The molecule has 50 heavy (non-hydrogen) atoms. The fraction of sp³-hybridized carbons (Fsp3) is 0.368. The van der Waals surface area contributed by atoms with Crippen molar-refractivity contribution in [2.24, 2.45) is 0 Å². The molecule has 264 valence electrons. The highest BCUT2D eigenvalue weighted by Crippen LogP contribution is 2.38. The highest BCUT2D eigenvalue weighted by atomic mass is 32.1. The van der Waals surface area contributed by atoms with E-state index in [0.29, 0.717) is 52.0 Å². The largest absolute Gasteiger partial charge is 0.506 e. The van der Waals surface area contributed by atoms with E-state index in [1.807, 2.05) is 47.2 Å². The van der Waals surface area contributed by atoms with Gasteiger partial charge in [-0.15, -0.1) is 22.7 Å². The van der Waals surface area contributed by atoms with Gasteiger partial charge in [0.1, 0.15) is 17.6 Å². The summed E-state index contributed by atoms with van der Waals surface area (Å²) in [6.45, 7) is 2.34. The zero-order chi connectivity index (χ0) is 35.1. The molecule has 1 atom stereocenters. The zero-order valence-electron chi connectivity index (χ0n) is 27.9. The van der Waals surface area contributed by atoms with E-state index >= 15 is 0 Å². The van der Waals surface area contributed by atoms with Crippen LogP contribution in [0.25, 0.3) is 10.9 Å². The second-order valence-electron chi connectivity index (χ2n) is 12.8. The van der Waals surface area contributed by atoms with Crippen molar-refractivity contribution in [3.63, 3.8) is 0 Å². The monoisotopic (exact) mass is 717 g/mol. The van der Waals surface area contributed by atoms with Crippen molar-refractivity contribution in [1.29, 1.82) is 0 Å². The molecule has 5 N–H and O–H groups in total. The van der Waals surface area contributed by atoms with Crippen LogP contribution in [0.4, 0.5) is 0 Å². The predicted molar refractivity (Wildman–Crippen MR) is 196 cm³/mol. The van der Waals surface area contributed by atoms with E-state index < -0.39 is 17.7 Å². The number of hydrogen-bond acceptors (Lipinski definition) is 11. The molecule has 0 saturated heterocycles. The van der Waals surface area contributed by atoms with Crippen molar-refractivity contribution < 1.29 is 29.6 Å². The van der Waals surface area contributed by atoms with Gasteiger partial charge in [-0.05, 0) is 97.4 Å². The number of pyridine rings is 1. The summed E-state index contributed by atoms with van der Waals surface area (Å²) in [5.41, 5.74) is -0.0989. The topological polar surface area (TPSA) is 144 Å². The van der Waals surface area contributed by atoms with E-state index in [0.717, 1.165) is 50.0 Å². The van der Waals surface area contributed by atoms with Crippen molar-refractivity contribution >= 4 is 39.5 Å². The summed E-state index contributed by atoms with van der Waals surface area (Å²) in [7, 11) is 2.13. The maximum absolute atomic E-state index is 13.3. The fourth-order valence-corrected chi connectivity index (χ4v) is 8.25. The van der Waals surface area contributed by atoms with Crippen LogP contribution in [0.5, 0.6) is 11.5 Å².